The maximum Gasteiger partial charge on any atom is 0.0556 e. The number of aryl methyl sites for hydroxylation is 1. The summed E-state index contributed by atoms with van der Waals surface area (Å²) in [5.74, 6) is 0. The first-order valence-electron chi connectivity index (χ1n) is 7.24. The Morgan fingerprint density at radius 1 is 1.30 bits per heavy atom. The van der Waals surface area contributed by atoms with E-state index in [1.807, 2.05) is 6.20 Å². The largest absolute Gasteiger partial charge is 0.308 e. The van der Waals surface area contributed by atoms with Crippen LogP contribution in [0.1, 0.15) is 37.6 Å². The third-order valence-electron chi connectivity index (χ3n) is 3.38. The van der Waals surface area contributed by atoms with E-state index in [0.717, 1.165) is 30.4 Å². The van der Waals surface area contributed by atoms with Gasteiger partial charge in [0.05, 0.1) is 11.7 Å². The Labute approximate surface area is 129 Å². The third kappa shape index (κ3) is 3.93. The standard InChI is InChI=1S/C16H22BrN3/c1-3-9-18-15(16-8-10-19-20(16)4-2)12-13-6-5-7-14(17)11-13/h5-8,10-11,15,18H,3-4,9,12H2,1-2H3. The second-order valence-electron chi connectivity index (χ2n) is 4.91. The van der Waals surface area contributed by atoms with Crippen molar-refractivity contribution >= 4 is 15.9 Å². The Morgan fingerprint density at radius 2 is 2.15 bits per heavy atom. The van der Waals surface area contributed by atoms with Gasteiger partial charge in [-0.15, -0.1) is 0 Å². The number of benzene rings is 1. The fraction of sp³-hybridized carbons (Fsp3) is 0.438. The highest BCUT2D eigenvalue weighted by Gasteiger charge is 2.15. The summed E-state index contributed by atoms with van der Waals surface area (Å²) in [6, 6.07) is 11.0. The fourth-order valence-electron chi connectivity index (χ4n) is 2.40. The van der Waals surface area contributed by atoms with Crippen LogP contribution in [-0.4, -0.2) is 16.3 Å². The molecule has 1 aromatic carbocycles. The van der Waals surface area contributed by atoms with Gasteiger partial charge in [-0.2, -0.15) is 5.10 Å². The lowest BCUT2D eigenvalue weighted by molar-refractivity contribution is 0.478. The lowest BCUT2D eigenvalue weighted by atomic mass is 10.0. The predicted molar refractivity (Wildman–Crippen MR) is 86.8 cm³/mol. The molecule has 2 rings (SSSR count). The molecule has 108 valence electrons. The second kappa shape index (κ2) is 7.60. The van der Waals surface area contributed by atoms with E-state index in [4.69, 9.17) is 0 Å². The fourth-order valence-corrected chi connectivity index (χ4v) is 2.85. The molecular weight excluding hydrogens is 314 g/mol. The molecule has 0 aliphatic carbocycles. The Hall–Kier alpha value is -1.13. The number of nitrogens with zero attached hydrogens (tertiary/aromatic N) is 2. The summed E-state index contributed by atoms with van der Waals surface area (Å²) in [6.45, 7) is 6.26. The summed E-state index contributed by atoms with van der Waals surface area (Å²) in [7, 11) is 0. The lowest BCUT2D eigenvalue weighted by Gasteiger charge is -2.20. The number of nitrogens with one attached hydrogen (secondary N) is 1. The highest BCUT2D eigenvalue weighted by atomic mass is 79.9. The first kappa shape index (κ1) is 15.3. The molecule has 0 radical (unpaired) electrons. The highest BCUT2D eigenvalue weighted by Crippen LogP contribution is 2.20. The smallest absolute Gasteiger partial charge is 0.0556 e. The van der Waals surface area contributed by atoms with Gasteiger partial charge in [0.2, 0.25) is 0 Å². The molecule has 4 heteroatoms. The van der Waals surface area contributed by atoms with Crippen molar-refractivity contribution in [1.29, 1.82) is 0 Å². The lowest BCUT2D eigenvalue weighted by Crippen LogP contribution is -2.26. The highest BCUT2D eigenvalue weighted by molar-refractivity contribution is 9.10. The summed E-state index contributed by atoms with van der Waals surface area (Å²) >= 11 is 3.54. The first-order chi connectivity index (χ1) is 9.74. The summed E-state index contributed by atoms with van der Waals surface area (Å²) in [5.41, 5.74) is 2.60. The number of hydrogen-bond donors (Lipinski definition) is 1. The molecule has 1 unspecified atom stereocenters. The molecule has 20 heavy (non-hydrogen) atoms. The Balaban J connectivity index is 2.19. The molecule has 1 aromatic heterocycles. The van der Waals surface area contributed by atoms with Crippen LogP contribution < -0.4 is 5.32 Å². The molecular formula is C16H22BrN3. The minimum atomic E-state index is 0.312. The van der Waals surface area contributed by atoms with E-state index in [1.54, 1.807) is 0 Å². The first-order valence-corrected chi connectivity index (χ1v) is 8.03. The van der Waals surface area contributed by atoms with E-state index >= 15 is 0 Å². The van der Waals surface area contributed by atoms with Crippen molar-refractivity contribution in [2.75, 3.05) is 6.54 Å². The predicted octanol–water partition coefficient (Wildman–Crippen LogP) is 3.95. The second-order valence-corrected chi connectivity index (χ2v) is 5.83. The molecule has 3 nitrogen and oxygen atoms in total. The minimum Gasteiger partial charge on any atom is -0.308 e. The van der Waals surface area contributed by atoms with Crippen LogP contribution in [-0.2, 0) is 13.0 Å². The maximum atomic E-state index is 4.39. The third-order valence-corrected chi connectivity index (χ3v) is 3.87. The van der Waals surface area contributed by atoms with Gasteiger partial charge in [0.15, 0.2) is 0 Å². The quantitative estimate of drug-likeness (QED) is 0.830. The van der Waals surface area contributed by atoms with Crippen molar-refractivity contribution in [2.24, 2.45) is 0 Å². The van der Waals surface area contributed by atoms with E-state index < -0.39 is 0 Å². The van der Waals surface area contributed by atoms with E-state index in [1.165, 1.54) is 11.3 Å². The molecule has 1 atom stereocenters. The summed E-state index contributed by atoms with van der Waals surface area (Å²) in [5, 5.41) is 8.03. The topological polar surface area (TPSA) is 29.9 Å². The van der Waals surface area contributed by atoms with Crippen LogP contribution >= 0.6 is 15.9 Å². The van der Waals surface area contributed by atoms with Gasteiger partial charge >= 0.3 is 0 Å². The summed E-state index contributed by atoms with van der Waals surface area (Å²) in [6.07, 6.45) is 4.00. The molecule has 0 saturated carbocycles. The molecule has 0 aliphatic heterocycles. The maximum absolute atomic E-state index is 4.39. The van der Waals surface area contributed by atoms with E-state index in [9.17, 15) is 0 Å². The average Bonchev–Trinajstić information content (AvgIpc) is 2.92. The SMILES string of the molecule is CCCNC(Cc1cccc(Br)c1)c1ccnn1CC. The van der Waals surface area contributed by atoms with Crippen LogP contribution in [0, 0.1) is 0 Å². The zero-order valence-corrected chi connectivity index (χ0v) is 13.7. The Bertz CT molecular complexity index is 536. The van der Waals surface area contributed by atoms with E-state index in [-0.39, 0.29) is 0 Å². The van der Waals surface area contributed by atoms with Gasteiger partial charge in [-0.25, -0.2) is 0 Å². The van der Waals surface area contributed by atoms with Gasteiger partial charge in [0.25, 0.3) is 0 Å². The van der Waals surface area contributed by atoms with Gasteiger partial charge < -0.3 is 5.32 Å². The van der Waals surface area contributed by atoms with Gasteiger partial charge in [-0.1, -0.05) is 35.0 Å². The van der Waals surface area contributed by atoms with Crippen LogP contribution in [0.5, 0.6) is 0 Å². The summed E-state index contributed by atoms with van der Waals surface area (Å²) in [4.78, 5) is 0. The van der Waals surface area contributed by atoms with Gasteiger partial charge in [-0.3, -0.25) is 4.68 Å². The monoisotopic (exact) mass is 335 g/mol. The van der Waals surface area contributed by atoms with Crippen LogP contribution in [0.4, 0.5) is 0 Å². The van der Waals surface area contributed by atoms with Crippen molar-refractivity contribution < 1.29 is 0 Å². The average molecular weight is 336 g/mol. The molecule has 2 aromatic rings. The Morgan fingerprint density at radius 3 is 2.85 bits per heavy atom. The van der Waals surface area contributed by atoms with Crippen molar-refractivity contribution in [3.05, 3.63) is 52.3 Å². The molecule has 0 saturated heterocycles. The van der Waals surface area contributed by atoms with Crippen LogP contribution in [0.15, 0.2) is 41.0 Å². The van der Waals surface area contributed by atoms with E-state index in [2.05, 4.69) is 75.2 Å². The van der Waals surface area contributed by atoms with Gasteiger partial charge in [0.1, 0.15) is 0 Å². The van der Waals surface area contributed by atoms with Gasteiger partial charge in [-0.05, 0) is 50.1 Å². The van der Waals surface area contributed by atoms with Crippen LogP contribution in [0.25, 0.3) is 0 Å². The Kier molecular flexibility index (Phi) is 5.80. The zero-order chi connectivity index (χ0) is 14.4. The van der Waals surface area contributed by atoms with Crippen molar-refractivity contribution in [1.82, 2.24) is 15.1 Å². The number of rotatable bonds is 7. The van der Waals surface area contributed by atoms with Crippen LogP contribution in [0.3, 0.4) is 0 Å². The molecule has 1 heterocycles. The number of halogens is 1. The minimum absolute atomic E-state index is 0.312. The molecule has 0 amide bonds. The van der Waals surface area contributed by atoms with Crippen molar-refractivity contribution in [3.8, 4) is 0 Å². The summed E-state index contributed by atoms with van der Waals surface area (Å²) < 4.78 is 3.21. The number of hydrogen-bond acceptors (Lipinski definition) is 2. The normalized spacial score (nSPS) is 12.6. The molecule has 0 spiro atoms. The zero-order valence-electron chi connectivity index (χ0n) is 12.1. The number of aromatic nitrogens is 2. The van der Waals surface area contributed by atoms with Crippen molar-refractivity contribution in [2.45, 2.75) is 39.3 Å². The van der Waals surface area contributed by atoms with Crippen LogP contribution in [0.2, 0.25) is 0 Å². The molecule has 1 N–H and O–H groups in total. The van der Waals surface area contributed by atoms with Crippen molar-refractivity contribution in [3.63, 3.8) is 0 Å². The van der Waals surface area contributed by atoms with Gasteiger partial charge in [0, 0.05) is 17.2 Å². The molecule has 0 fully saturated rings. The molecule has 0 bridgehead atoms. The van der Waals surface area contributed by atoms with E-state index in [0.29, 0.717) is 6.04 Å². The molecule has 0 aliphatic rings.